The minimum absolute atomic E-state index is 0.0215. The SMILES string of the molecule is O=C(Cc1ccn2c1CSC2c1cccnc1)Nc1cccnc1. The van der Waals surface area contributed by atoms with Crippen LogP contribution in [0.2, 0.25) is 0 Å². The van der Waals surface area contributed by atoms with E-state index < -0.39 is 0 Å². The molecule has 1 amide bonds. The molecule has 4 heterocycles. The molecule has 120 valence electrons. The molecule has 24 heavy (non-hydrogen) atoms. The van der Waals surface area contributed by atoms with E-state index in [0.717, 1.165) is 17.0 Å². The number of fused-ring (bicyclic) bond motifs is 1. The van der Waals surface area contributed by atoms with Gasteiger partial charge < -0.3 is 9.88 Å². The summed E-state index contributed by atoms with van der Waals surface area (Å²) in [6.45, 7) is 0. The highest BCUT2D eigenvalue weighted by Gasteiger charge is 2.26. The second-order valence-electron chi connectivity index (χ2n) is 5.61. The fraction of sp³-hybridized carbons (Fsp3) is 0.167. The van der Waals surface area contributed by atoms with E-state index in [0.29, 0.717) is 6.42 Å². The molecule has 0 bridgehead atoms. The number of nitrogens with one attached hydrogen (secondary N) is 1. The predicted octanol–water partition coefficient (Wildman–Crippen LogP) is 3.25. The average Bonchev–Trinajstić information content (AvgIpc) is 3.20. The van der Waals surface area contributed by atoms with Crippen molar-refractivity contribution in [3.8, 4) is 0 Å². The van der Waals surface area contributed by atoms with E-state index in [1.165, 1.54) is 11.3 Å². The van der Waals surface area contributed by atoms with Gasteiger partial charge in [-0.15, -0.1) is 11.8 Å². The zero-order valence-electron chi connectivity index (χ0n) is 12.9. The molecule has 6 heteroatoms. The van der Waals surface area contributed by atoms with Gasteiger partial charge in [-0.1, -0.05) is 6.07 Å². The number of nitrogens with zero attached hydrogens (tertiary/aromatic N) is 3. The molecule has 0 spiro atoms. The Balaban J connectivity index is 1.50. The third-order valence-electron chi connectivity index (χ3n) is 4.02. The van der Waals surface area contributed by atoms with Gasteiger partial charge in [0.1, 0.15) is 5.37 Å². The van der Waals surface area contributed by atoms with Gasteiger partial charge in [-0.3, -0.25) is 14.8 Å². The molecule has 1 atom stereocenters. The van der Waals surface area contributed by atoms with Crippen molar-refractivity contribution in [3.05, 3.63) is 78.1 Å². The highest BCUT2D eigenvalue weighted by Crippen LogP contribution is 2.41. The van der Waals surface area contributed by atoms with E-state index in [1.807, 2.05) is 36.2 Å². The molecule has 0 aromatic carbocycles. The summed E-state index contributed by atoms with van der Waals surface area (Å²) in [5.41, 5.74) is 4.20. The van der Waals surface area contributed by atoms with Crippen molar-refractivity contribution in [2.45, 2.75) is 17.5 Å². The van der Waals surface area contributed by atoms with Crippen LogP contribution in [-0.4, -0.2) is 20.4 Å². The molecule has 1 aliphatic heterocycles. The summed E-state index contributed by atoms with van der Waals surface area (Å²) in [5.74, 6) is 0.883. The molecule has 0 aliphatic carbocycles. The minimum atomic E-state index is -0.0215. The second-order valence-corrected chi connectivity index (χ2v) is 6.68. The second kappa shape index (κ2) is 6.49. The first kappa shape index (κ1) is 15.0. The first-order chi connectivity index (χ1) is 11.8. The van der Waals surface area contributed by atoms with Crippen molar-refractivity contribution in [2.75, 3.05) is 5.32 Å². The van der Waals surface area contributed by atoms with Gasteiger partial charge in [0.25, 0.3) is 0 Å². The Labute approximate surface area is 144 Å². The predicted molar refractivity (Wildman–Crippen MR) is 94.7 cm³/mol. The zero-order valence-corrected chi connectivity index (χ0v) is 13.7. The summed E-state index contributed by atoms with van der Waals surface area (Å²) < 4.78 is 2.24. The van der Waals surface area contributed by atoms with E-state index in [1.54, 1.807) is 24.7 Å². The number of amides is 1. The lowest BCUT2D eigenvalue weighted by Gasteiger charge is -2.12. The van der Waals surface area contributed by atoms with Gasteiger partial charge in [0.15, 0.2) is 0 Å². The third kappa shape index (κ3) is 2.92. The first-order valence-electron chi connectivity index (χ1n) is 7.71. The maximum absolute atomic E-state index is 12.3. The Morgan fingerprint density at radius 2 is 2.04 bits per heavy atom. The van der Waals surface area contributed by atoms with Gasteiger partial charge in [-0.25, -0.2) is 0 Å². The van der Waals surface area contributed by atoms with Crippen LogP contribution in [-0.2, 0) is 17.0 Å². The van der Waals surface area contributed by atoms with Crippen LogP contribution >= 0.6 is 11.8 Å². The summed E-state index contributed by atoms with van der Waals surface area (Å²) in [6, 6.07) is 9.74. The van der Waals surface area contributed by atoms with Crippen LogP contribution in [0.1, 0.15) is 22.2 Å². The maximum Gasteiger partial charge on any atom is 0.228 e. The Bertz CT molecular complexity index is 848. The Kier molecular flexibility index (Phi) is 4.04. The van der Waals surface area contributed by atoms with Crippen molar-refractivity contribution >= 4 is 23.4 Å². The first-order valence-corrected chi connectivity index (χ1v) is 8.76. The van der Waals surface area contributed by atoms with Crippen LogP contribution < -0.4 is 5.32 Å². The van der Waals surface area contributed by atoms with Crippen molar-refractivity contribution in [1.29, 1.82) is 0 Å². The van der Waals surface area contributed by atoms with Gasteiger partial charge in [-0.05, 0) is 29.8 Å². The summed E-state index contributed by atoms with van der Waals surface area (Å²) in [7, 11) is 0. The third-order valence-corrected chi connectivity index (χ3v) is 5.27. The molecule has 4 rings (SSSR count). The molecule has 5 nitrogen and oxygen atoms in total. The molecule has 0 saturated heterocycles. The van der Waals surface area contributed by atoms with Crippen LogP contribution in [0.3, 0.4) is 0 Å². The molecule has 1 N–H and O–H groups in total. The number of thioether (sulfide) groups is 1. The van der Waals surface area contributed by atoms with E-state index in [9.17, 15) is 4.79 Å². The fourth-order valence-corrected chi connectivity index (χ4v) is 4.24. The minimum Gasteiger partial charge on any atom is -0.334 e. The Morgan fingerprint density at radius 1 is 1.21 bits per heavy atom. The smallest absolute Gasteiger partial charge is 0.228 e. The largest absolute Gasteiger partial charge is 0.334 e. The number of carbonyl (C=O) groups is 1. The van der Waals surface area contributed by atoms with E-state index >= 15 is 0 Å². The number of anilines is 1. The lowest BCUT2D eigenvalue weighted by Crippen LogP contribution is -2.15. The lowest BCUT2D eigenvalue weighted by molar-refractivity contribution is -0.115. The summed E-state index contributed by atoms with van der Waals surface area (Å²) in [6.07, 6.45) is 9.47. The number of hydrogen-bond acceptors (Lipinski definition) is 4. The molecule has 0 fully saturated rings. The monoisotopic (exact) mass is 336 g/mol. The maximum atomic E-state index is 12.3. The number of rotatable bonds is 4. The molecular weight excluding hydrogens is 320 g/mol. The zero-order chi connectivity index (χ0) is 16.4. The van der Waals surface area contributed by atoms with Crippen molar-refractivity contribution in [1.82, 2.24) is 14.5 Å². The number of hydrogen-bond donors (Lipinski definition) is 1. The van der Waals surface area contributed by atoms with Gasteiger partial charge in [0, 0.05) is 41.8 Å². The highest BCUT2D eigenvalue weighted by atomic mass is 32.2. The molecule has 0 saturated carbocycles. The van der Waals surface area contributed by atoms with Crippen LogP contribution in [0.4, 0.5) is 5.69 Å². The molecule has 1 unspecified atom stereocenters. The number of pyridine rings is 2. The lowest BCUT2D eigenvalue weighted by atomic mass is 10.1. The molecule has 3 aromatic rings. The fourth-order valence-electron chi connectivity index (χ4n) is 2.90. The van der Waals surface area contributed by atoms with Crippen molar-refractivity contribution in [2.24, 2.45) is 0 Å². The van der Waals surface area contributed by atoms with Gasteiger partial charge in [-0.2, -0.15) is 0 Å². The van der Waals surface area contributed by atoms with Crippen LogP contribution in [0.5, 0.6) is 0 Å². The van der Waals surface area contributed by atoms with E-state index in [4.69, 9.17) is 0 Å². The van der Waals surface area contributed by atoms with Crippen LogP contribution in [0, 0.1) is 0 Å². The topological polar surface area (TPSA) is 59.8 Å². The van der Waals surface area contributed by atoms with E-state index in [2.05, 4.69) is 32.1 Å². The molecule has 1 aliphatic rings. The number of carbonyl (C=O) groups excluding carboxylic acids is 1. The highest BCUT2D eigenvalue weighted by molar-refractivity contribution is 7.99. The molecular formula is C18H16N4OS. The summed E-state index contributed by atoms with van der Waals surface area (Å²) >= 11 is 1.86. The Morgan fingerprint density at radius 3 is 2.79 bits per heavy atom. The summed E-state index contributed by atoms with van der Waals surface area (Å²) in [5, 5.41) is 3.13. The van der Waals surface area contributed by atoms with Crippen molar-refractivity contribution in [3.63, 3.8) is 0 Å². The average molecular weight is 336 g/mol. The normalized spacial score (nSPS) is 15.9. The standard InChI is InChI=1S/C18H16N4OS/c23-17(21-15-4-2-7-20-11-15)9-13-5-8-22-16(13)12-24-18(22)14-3-1-6-19-10-14/h1-8,10-11,18H,9,12H2,(H,21,23). The van der Waals surface area contributed by atoms with E-state index in [-0.39, 0.29) is 11.3 Å². The Hall–Kier alpha value is -2.60. The summed E-state index contributed by atoms with van der Waals surface area (Å²) in [4.78, 5) is 20.5. The van der Waals surface area contributed by atoms with Gasteiger partial charge in [0.05, 0.1) is 18.3 Å². The quantitative estimate of drug-likeness (QED) is 0.794. The number of aromatic nitrogens is 3. The van der Waals surface area contributed by atoms with Gasteiger partial charge in [0.2, 0.25) is 5.91 Å². The molecule has 0 radical (unpaired) electrons. The van der Waals surface area contributed by atoms with Crippen LogP contribution in [0.25, 0.3) is 0 Å². The van der Waals surface area contributed by atoms with Crippen LogP contribution in [0.15, 0.2) is 61.3 Å². The molecule has 3 aromatic heterocycles. The van der Waals surface area contributed by atoms with Gasteiger partial charge >= 0.3 is 0 Å². The van der Waals surface area contributed by atoms with Crippen molar-refractivity contribution < 1.29 is 4.79 Å².